The van der Waals surface area contributed by atoms with Crippen LogP contribution in [0.2, 0.25) is 5.02 Å². The number of piperazine rings is 1. The summed E-state index contributed by atoms with van der Waals surface area (Å²) in [6.45, 7) is 6.00. The number of para-hydroxylation sites is 1. The fraction of sp³-hybridized carbons (Fsp3) is 0.381. The zero-order chi connectivity index (χ0) is 21.1. The van der Waals surface area contributed by atoms with Gasteiger partial charge in [0.2, 0.25) is 0 Å². The number of carbonyl (C=O) groups is 1. The highest BCUT2D eigenvalue weighted by molar-refractivity contribution is 6.32. The molecule has 1 saturated heterocycles. The van der Waals surface area contributed by atoms with Crippen molar-refractivity contribution in [3.63, 3.8) is 0 Å². The molecule has 0 aliphatic carbocycles. The predicted molar refractivity (Wildman–Crippen MR) is 113 cm³/mol. The lowest BCUT2D eigenvalue weighted by atomic mass is 10.2. The molecule has 1 aliphatic rings. The molecule has 1 amide bonds. The van der Waals surface area contributed by atoms with Gasteiger partial charge in [-0.05, 0) is 25.1 Å². The molecule has 3 aromatic rings. The number of hydrogen-bond acceptors (Lipinski definition) is 5. The Morgan fingerprint density at radius 2 is 1.93 bits per heavy atom. The van der Waals surface area contributed by atoms with Crippen molar-refractivity contribution in [1.29, 1.82) is 0 Å². The first-order valence-corrected chi connectivity index (χ1v) is 10.3. The number of carbonyl (C=O) groups excluding carboxylic acids is 1. The van der Waals surface area contributed by atoms with Crippen molar-refractivity contribution < 1.29 is 9.53 Å². The van der Waals surface area contributed by atoms with Crippen LogP contribution in [0.3, 0.4) is 0 Å². The monoisotopic (exact) mass is 428 g/mol. The third kappa shape index (κ3) is 4.49. The van der Waals surface area contributed by atoms with E-state index in [9.17, 15) is 4.79 Å². The summed E-state index contributed by atoms with van der Waals surface area (Å²) < 4.78 is 9.15. The van der Waals surface area contributed by atoms with Gasteiger partial charge in [0.05, 0.1) is 10.7 Å². The van der Waals surface area contributed by atoms with E-state index in [1.807, 2.05) is 35.7 Å². The second-order valence-corrected chi connectivity index (χ2v) is 7.81. The topological polar surface area (TPSA) is 68.4 Å². The quantitative estimate of drug-likeness (QED) is 0.603. The Kier molecular flexibility index (Phi) is 6.06. The van der Waals surface area contributed by atoms with Crippen LogP contribution < -0.4 is 4.74 Å². The maximum Gasteiger partial charge on any atom is 0.272 e. The summed E-state index contributed by atoms with van der Waals surface area (Å²) in [7, 11) is 1.94. The third-order valence-electron chi connectivity index (χ3n) is 5.28. The molecule has 158 valence electrons. The van der Waals surface area contributed by atoms with Gasteiger partial charge < -0.3 is 9.64 Å². The van der Waals surface area contributed by atoms with Crippen molar-refractivity contribution in [2.45, 2.75) is 20.2 Å². The van der Waals surface area contributed by atoms with Crippen molar-refractivity contribution in [1.82, 2.24) is 29.4 Å². The van der Waals surface area contributed by atoms with Gasteiger partial charge in [0, 0.05) is 57.7 Å². The van der Waals surface area contributed by atoms with Gasteiger partial charge in [-0.15, -0.1) is 0 Å². The van der Waals surface area contributed by atoms with E-state index < -0.39 is 0 Å². The number of hydrogen-bond donors (Lipinski definition) is 0. The van der Waals surface area contributed by atoms with Crippen LogP contribution in [0.5, 0.6) is 5.75 Å². The van der Waals surface area contributed by atoms with Gasteiger partial charge in [-0.2, -0.15) is 10.2 Å². The average Bonchev–Trinajstić information content (AvgIpc) is 3.33. The van der Waals surface area contributed by atoms with E-state index in [0.717, 1.165) is 25.3 Å². The van der Waals surface area contributed by atoms with Gasteiger partial charge in [0.25, 0.3) is 5.91 Å². The van der Waals surface area contributed by atoms with Gasteiger partial charge in [-0.3, -0.25) is 14.4 Å². The third-order valence-corrected chi connectivity index (χ3v) is 5.60. The molecular formula is C21H25ClN6O2. The van der Waals surface area contributed by atoms with E-state index in [-0.39, 0.29) is 12.6 Å². The molecule has 0 radical (unpaired) electrons. The smallest absolute Gasteiger partial charge is 0.272 e. The average molecular weight is 429 g/mol. The summed E-state index contributed by atoms with van der Waals surface area (Å²) in [5.41, 5.74) is 2.80. The first-order chi connectivity index (χ1) is 14.5. The maximum absolute atomic E-state index is 13.0. The summed E-state index contributed by atoms with van der Waals surface area (Å²) >= 11 is 6.13. The molecule has 3 heterocycles. The van der Waals surface area contributed by atoms with Crippen molar-refractivity contribution >= 4 is 17.5 Å². The molecule has 2 aromatic heterocycles. The minimum atomic E-state index is -0.0348. The minimum Gasteiger partial charge on any atom is -0.470 e. The van der Waals surface area contributed by atoms with Gasteiger partial charge in [0.15, 0.2) is 6.73 Å². The largest absolute Gasteiger partial charge is 0.470 e. The molecule has 0 bridgehead atoms. The van der Waals surface area contributed by atoms with Crippen LogP contribution in [-0.4, -0.2) is 61.4 Å². The highest BCUT2D eigenvalue weighted by Gasteiger charge is 2.25. The van der Waals surface area contributed by atoms with Gasteiger partial charge >= 0.3 is 0 Å². The summed E-state index contributed by atoms with van der Waals surface area (Å²) in [5.74, 6) is 0.528. The lowest BCUT2D eigenvalue weighted by Gasteiger charge is -2.34. The highest BCUT2D eigenvalue weighted by atomic mass is 35.5. The maximum atomic E-state index is 13.0. The van der Waals surface area contributed by atoms with Crippen LogP contribution in [0.25, 0.3) is 0 Å². The zero-order valence-electron chi connectivity index (χ0n) is 17.2. The van der Waals surface area contributed by atoms with Crippen LogP contribution in [0.15, 0.2) is 42.7 Å². The van der Waals surface area contributed by atoms with E-state index in [0.29, 0.717) is 29.6 Å². The van der Waals surface area contributed by atoms with Crippen LogP contribution in [0.1, 0.15) is 21.7 Å². The van der Waals surface area contributed by atoms with E-state index >= 15 is 0 Å². The summed E-state index contributed by atoms with van der Waals surface area (Å²) in [6, 6.07) is 8.97. The number of halogens is 1. The molecule has 0 saturated carbocycles. The van der Waals surface area contributed by atoms with Gasteiger partial charge in [0.1, 0.15) is 11.4 Å². The summed E-state index contributed by atoms with van der Waals surface area (Å²) in [4.78, 5) is 17.3. The van der Waals surface area contributed by atoms with Crippen LogP contribution >= 0.6 is 11.6 Å². The van der Waals surface area contributed by atoms with Gasteiger partial charge in [-0.1, -0.05) is 23.7 Å². The molecule has 30 heavy (non-hydrogen) atoms. The Morgan fingerprint density at radius 1 is 1.17 bits per heavy atom. The van der Waals surface area contributed by atoms with E-state index in [1.54, 1.807) is 29.1 Å². The summed E-state index contributed by atoms with van der Waals surface area (Å²) in [5, 5.41) is 9.17. The molecule has 8 nitrogen and oxygen atoms in total. The second-order valence-electron chi connectivity index (χ2n) is 7.40. The van der Waals surface area contributed by atoms with Crippen molar-refractivity contribution in [3.8, 4) is 5.75 Å². The van der Waals surface area contributed by atoms with Crippen molar-refractivity contribution in [2.75, 3.05) is 26.2 Å². The van der Waals surface area contributed by atoms with Crippen LogP contribution in [0, 0.1) is 6.92 Å². The van der Waals surface area contributed by atoms with Crippen molar-refractivity contribution in [2.24, 2.45) is 7.05 Å². The van der Waals surface area contributed by atoms with Crippen molar-refractivity contribution in [3.05, 3.63) is 64.7 Å². The fourth-order valence-corrected chi connectivity index (χ4v) is 3.82. The molecule has 0 spiro atoms. The Labute approximate surface area is 180 Å². The SMILES string of the molecule is Cc1nn(C)cc1CN1CCN(C(=O)c2ccnn2COc2ccccc2Cl)CC1. The molecule has 4 rings (SSSR count). The molecule has 0 N–H and O–H groups in total. The lowest BCUT2D eigenvalue weighted by molar-refractivity contribution is 0.0607. The first kappa shape index (κ1) is 20.4. The number of nitrogens with zero attached hydrogens (tertiary/aromatic N) is 6. The zero-order valence-corrected chi connectivity index (χ0v) is 17.9. The lowest BCUT2D eigenvalue weighted by Crippen LogP contribution is -2.48. The molecule has 9 heteroatoms. The molecule has 0 unspecified atom stereocenters. The Hall–Kier alpha value is -2.84. The molecule has 1 aliphatic heterocycles. The molecular weight excluding hydrogens is 404 g/mol. The van der Waals surface area contributed by atoms with Crippen LogP contribution in [0.4, 0.5) is 0 Å². The first-order valence-electron chi connectivity index (χ1n) is 9.91. The Bertz CT molecular complexity index is 1020. The summed E-state index contributed by atoms with van der Waals surface area (Å²) in [6.07, 6.45) is 3.68. The predicted octanol–water partition coefficient (Wildman–Crippen LogP) is 2.57. The van der Waals surface area contributed by atoms with E-state index in [1.165, 1.54) is 5.56 Å². The minimum absolute atomic E-state index is 0.0348. The van der Waals surface area contributed by atoms with Crippen LogP contribution in [-0.2, 0) is 20.3 Å². The number of aryl methyl sites for hydroxylation is 2. The Morgan fingerprint density at radius 3 is 2.63 bits per heavy atom. The number of benzene rings is 1. The fourth-order valence-electron chi connectivity index (χ4n) is 3.63. The highest BCUT2D eigenvalue weighted by Crippen LogP contribution is 2.23. The Balaban J connectivity index is 1.34. The van der Waals surface area contributed by atoms with E-state index in [2.05, 4.69) is 21.3 Å². The normalized spacial score (nSPS) is 14.8. The van der Waals surface area contributed by atoms with E-state index in [4.69, 9.17) is 16.3 Å². The molecule has 1 aromatic carbocycles. The van der Waals surface area contributed by atoms with Gasteiger partial charge in [-0.25, -0.2) is 4.68 Å². The number of amides is 1. The second kappa shape index (κ2) is 8.89. The standard InChI is InChI=1S/C21H25ClN6O2/c1-16-17(13-25(2)24-16)14-26-9-11-27(12-10-26)21(29)19-7-8-23-28(19)15-30-20-6-4-3-5-18(20)22/h3-8,13H,9-12,14-15H2,1-2H3. The number of aromatic nitrogens is 4. The number of rotatable bonds is 6. The number of ether oxygens (including phenoxy) is 1. The molecule has 0 atom stereocenters. The molecule has 1 fully saturated rings.